The smallest absolute Gasteiger partial charge is 0.305 e. The number of benzene rings is 1. The second kappa shape index (κ2) is 9.26. The van der Waals surface area contributed by atoms with Crippen molar-refractivity contribution >= 4 is 23.7 Å². The number of nitrogens with one attached hydrogen (secondary N) is 2. The molecule has 1 aromatic rings. The quantitative estimate of drug-likeness (QED) is 0.354. The third-order valence-electron chi connectivity index (χ3n) is 3.16. The normalized spacial score (nSPS) is 12.7. The van der Waals surface area contributed by atoms with Gasteiger partial charge in [0.25, 0.3) is 0 Å². The van der Waals surface area contributed by atoms with Gasteiger partial charge >= 0.3 is 5.97 Å². The molecule has 0 heterocycles. The zero-order chi connectivity index (χ0) is 18.1. The van der Waals surface area contributed by atoms with Crippen LogP contribution in [0.2, 0.25) is 0 Å². The number of carbonyl (C=O) groups is 4. The van der Waals surface area contributed by atoms with Gasteiger partial charge in [0.2, 0.25) is 17.7 Å². The molecule has 2 atom stereocenters. The van der Waals surface area contributed by atoms with Crippen LogP contribution in [0.3, 0.4) is 0 Å². The van der Waals surface area contributed by atoms with Crippen LogP contribution in [0.1, 0.15) is 12.0 Å². The fourth-order valence-corrected chi connectivity index (χ4v) is 1.98. The van der Waals surface area contributed by atoms with Crippen molar-refractivity contribution in [3.8, 4) is 0 Å². The Hall–Kier alpha value is -2.94. The molecule has 3 amide bonds. The molecule has 1 rings (SSSR count). The summed E-state index contributed by atoms with van der Waals surface area (Å²) in [5.41, 5.74) is 11.2. The van der Waals surface area contributed by atoms with E-state index in [0.717, 1.165) is 5.56 Å². The minimum Gasteiger partial charge on any atom is -0.481 e. The molecule has 24 heavy (non-hydrogen) atoms. The van der Waals surface area contributed by atoms with Gasteiger partial charge < -0.3 is 27.2 Å². The van der Waals surface area contributed by atoms with Gasteiger partial charge in [-0.15, -0.1) is 0 Å². The van der Waals surface area contributed by atoms with Crippen molar-refractivity contribution < 1.29 is 24.3 Å². The van der Waals surface area contributed by atoms with Gasteiger partial charge in [-0.1, -0.05) is 30.3 Å². The fourth-order valence-electron chi connectivity index (χ4n) is 1.98. The van der Waals surface area contributed by atoms with Crippen LogP contribution >= 0.6 is 0 Å². The Balaban J connectivity index is 2.81. The maximum Gasteiger partial charge on any atom is 0.305 e. The Morgan fingerprint density at radius 2 is 1.67 bits per heavy atom. The Kier molecular flexibility index (Phi) is 7.37. The van der Waals surface area contributed by atoms with E-state index in [1.165, 1.54) is 0 Å². The molecular formula is C15H20N4O5. The van der Waals surface area contributed by atoms with Crippen LogP contribution in [0.25, 0.3) is 0 Å². The van der Waals surface area contributed by atoms with Crippen LogP contribution in [0, 0.1) is 0 Å². The highest BCUT2D eigenvalue weighted by molar-refractivity contribution is 5.94. The first-order valence-corrected chi connectivity index (χ1v) is 7.18. The van der Waals surface area contributed by atoms with Crippen molar-refractivity contribution in [2.24, 2.45) is 11.5 Å². The first kappa shape index (κ1) is 19.1. The molecule has 0 aliphatic carbocycles. The van der Waals surface area contributed by atoms with Crippen molar-refractivity contribution in [3.63, 3.8) is 0 Å². The number of carboxylic acids is 1. The molecule has 0 aromatic heterocycles. The second-order valence-electron chi connectivity index (χ2n) is 5.08. The topological polar surface area (TPSA) is 165 Å². The Morgan fingerprint density at radius 3 is 2.17 bits per heavy atom. The maximum atomic E-state index is 12.2. The summed E-state index contributed by atoms with van der Waals surface area (Å²) in [6, 6.07) is 6.46. The fraction of sp³-hybridized carbons (Fsp3) is 0.333. The minimum atomic E-state index is -1.35. The van der Waals surface area contributed by atoms with Gasteiger partial charge in [-0.2, -0.15) is 0 Å². The van der Waals surface area contributed by atoms with Crippen molar-refractivity contribution in [2.75, 3.05) is 6.54 Å². The lowest BCUT2D eigenvalue weighted by molar-refractivity contribution is -0.140. The van der Waals surface area contributed by atoms with Crippen LogP contribution in [0.5, 0.6) is 0 Å². The number of hydrogen-bond donors (Lipinski definition) is 5. The Bertz CT molecular complexity index is 605. The molecule has 0 aliphatic heterocycles. The number of hydrogen-bond acceptors (Lipinski definition) is 5. The van der Waals surface area contributed by atoms with Gasteiger partial charge in [0.15, 0.2) is 0 Å². The van der Waals surface area contributed by atoms with Crippen molar-refractivity contribution in [2.45, 2.75) is 24.9 Å². The standard InChI is InChI=1S/C15H20N4O5/c16-8-12(20)18-11(7-13(21)22)15(24)19-10(14(17)23)6-9-4-2-1-3-5-9/h1-5,10-11H,6-8,16H2,(H2,17,23)(H,18,20)(H,19,24)(H,21,22)/t10-,11-/m0/s1. The molecule has 0 saturated carbocycles. The zero-order valence-corrected chi connectivity index (χ0v) is 12.9. The number of carboxylic acid groups (broad SMARTS) is 1. The number of carbonyl (C=O) groups excluding carboxylic acids is 3. The summed E-state index contributed by atoms with van der Waals surface area (Å²) >= 11 is 0. The van der Waals surface area contributed by atoms with Crippen LogP contribution in [0.15, 0.2) is 30.3 Å². The summed E-state index contributed by atoms with van der Waals surface area (Å²) < 4.78 is 0. The predicted molar refractivity (Wildman–Crippen MR) is 84.5 cm³/mol. The molecule has 0 spiro atoms. The predicted octanol–water partition coefficient (Wildman–Crippen LogP) is -1.88. The lowest BCUT2D eigenvalue weighted by Gasteiger charge is -2.21. The Labute approximate surface area is 138 Å². The minimum absolute atomic E-state index is 0.145. The van der Waals surface area contributed by atoms with Crippen LogP contribution in [0.4, 0.5) is 0 Å². The SMILES string of the molecule is NCC(=O)N[C@@H](CC(=O)O)C(=O)N[C@@H](Cc1ccccc1)C(N)=O. The first-order chi connectivity index (χ1) is 11.3. The van der Waals surface area contributed by atoms with E-state index in [4.69, 9.17) is 16.6 Å². The second-order valence-corrected chi connectivity index (χ2v) is 5.08. The van der Waals surface area contributed by atoms with Gasteiger partial charge in [-0.3, -0.25) is 19.2 Å². The number of nitrogens with two attached hydrogens (primary N) is 2. The van der Waals surface area contributed by atoms with E-state index in [9.17, 15) is 19.2 Å². The molecule has 1 aromatic carbocycles. The number of primary amides is 1. The van der Waals surface area contributed by atoms with Crippen LogP contribution < -0.4 is 22.1 Å². The summed E-state index contributed by atoms with van der Waals surface area (Å²) in [5.74, 6) is -3.56. The van der Waals surface area contributed by atoms with E-state index in [1.54, 1.807) is 30.3 Å². The molecule has 7 N–H and O–H groups in total. The largest absolute Gasteiger partial charge is 0.481 e. The first-order valence-electron chi connectivity index (χ1n) is 7.18. The highest BCUT2D eigenvalue weighted by Gasteiger charge is 2.27. The molecule has 130 valence electrons. The summed E-state index contributed by atoms with van der Waals surface area (Å²) in [6.07, 6.45) is -0.499. The molecule has 0 radical (unpaired) electrons. The Morgan fingerprint density at radius 1 is 1.04 bits per heavy atom. The summed E-state index contributed by atoms with van der Waals surface area (Å²) in [7, 11) is 0. The van der Waals surface area contributed by atoms with E-state index in [0.29, 0.717) is 0 Å². The zero-order valence-electron chi connectivity index (χ0n) is 12.9. The molecule has 9 nitrogen and oxygen atoms in total. The maximum absolute atomic E-state index is 12.2. The average Bonchev–Trinajstić information content (AvgIpc) is 2.53. The number of rotatable bonds is 9. The molecule has 0 bridgehead atoms. The average molecular weight is 336 g/mol. The molecule has 0 saturated heterocycles. The third-order valence-corrected chi connectivity index (χ3v) is 3.16. The van der Waals surface area contributed by atoms with E-state index in [1.807, 2.05) is 0 Å². The van der Waals surface area contributed by atoms with E-state index >= 15 is 0 Å². The van der Waals surface area contributed by atoms with Crippen molar-refractivity contribution in [1.82, 2.24) is 10.6 Å². The van der Waals surface area contributed by atoms with Crippen molar-refractivity contribution in [3.05, 3.63) is 35.9 Å². The molecule has 0 unspecified atom stereocenters. The van der Waals surface area contributed by atoms with Crippen LogP contribution in [-0.4, -0.2) is 47.4 Å². The lowest BCUT2D eigenvalue weighted by atomic mass is 10.0. The van der Waals surface area contributed by atoms with Gasteiger partial charge in [0, 0.05) is 6.42 Å². The molecular weight excluding hydrogens is 316 g/mol. The number of amides is 3. The van der Waals surface area contributed by atoms with E-state index in [-0.39, 0.29) is 6.42 Å². The van der Waals surface area contributed by atoms with Gasteiger partial charge in [0.05, 0.1) is 13.0 Å². The van der Waals surface area contributed by atoms with Crippen LogP contribution in [-0.2, 0) is 25.6 Å². The highest BCUT2D eigenvalue weighted by Crippen LogP contribution is 2.04. The summed E-state index contributed by atoms with van der Waals surface area (Å²) in [6.45, 7) is -0.396. The van der Waals surface area contributed by atoms with E-state index in [2.05, 4.69) is 10.6 Å². The van der Waals surface area contributed by atoms with Crippen molar-refractivity contribution in [1.29, 1.82) is 0 Å². The van der Waals surface area contributed by atoms with Gasteiger partial charge in [-0.05, 0) is 5.56 Å². The third kappa shape index (κ3) is 6.44. The molecule has 0 aliphatic rings. The molecule has 0 fully saturated rings. The summed E-state index contributed by atoms with van der Waals surface area (Å²) in [5, 5.41) is 13.4. The van der Waals surface area contributed by atoms with E-state index < -0.39 is 48.7 Å². The highest BCUT2D eigenvalue weighted by atomic mass is 16.4. The monoisotopic (exact) mass is 336 g/mol. The lowest BCUT2D eigenvalue weighted by Crippen LogP contribution is -2.54. The summed E-state index contributed by atoms with van der Waals surface area (Å²) in [4.78, 5) is 45.9. The molecule has 9 heteroatoms. The van der Waals surface area contributed by atoms with Gasteiger partial charge in [-0.25, -0.2) is 0 Å². The van der Waals surface area contributed by atoms with Gasteiger partial charge in [0.1, 0.15) is 12.1 Å². The number of aliphatic carboxylic acids is 1.